The van der Waals surface area contributed by atoms with Crippen LogP contribution in [0, 0.1) is 0 Å². The van der Waals surface area contributed by atoms with Gasteiger partial charge in [-0.3, -0.25) is 0 Å². The molecule has 0 saturated heterocycles. The molecular weight excluding hydrogens is 206 g/mol. The first-order valence-corrected chi connectivity index (χ1v) is 5.50. The highest BCUT2D eigenvalue weighted by Crippen LogP contribution is 2.23. The van der Waals surface area contributed by atoms with Crippen molar-refractivity contribution in [1.82, 2.24) is 15.3 Å². The maximum atomic E-state index is 5.39. The summed E-state index contributed by atoms with van der Waals surface area (Å²) in [6, 6.07) is 0. The van der Waals surface area contributed by atoms with Gasteiger partial charge in [0.05, 0.1) is 26.0 Å². The summed E-state index contributed by atoms with van der Waals surface area (Å²) in [5.41, 5.74) is 2.08. The van der Waals surface area contributed by atoms with Crippen molar-refractivity contribution in [3.05, 3.63) is 17.1 Å². The third-order valence-corrected chi connectivity index (χ3v) is 2.63. The molecule has 88 valence electrons. The average Bonchev–Trinajstić information content (AvgIpc) is 2.35. The number of ether oxygens (including phenoxy) is 2. The van der Waals surface area contributed by atoms with Gasteiger partial charge in [-0.2, -0.15) is 4.98 Å². The second kappa shape index (κ2) is 5.23. The van der Waals surface area contributed by atoms with Gasteiger partial charge in [0, 0.05) is 24.9 Å². The molecule has 0 bridgehead atoms. The largest absolute Gasteiger partial charge is 0.481 e. The van der Waals surface area contributed by atoms with E-state index in [0.717, 1.165) is 43.1 Å². The Balaban J connectivity index is 2.28. The Morgan fingerprint density at radius 3 is 3.06 bits per heavy atom. The Morgan fingerprint density at radius 1 is 1.44 bits per heavy atom. The van der Waals surface area contributed by atoms with Crippen molar-refractivity contribution in [3.63, 3.8) is 0 Å². The average molecular weight is 223 g/mol. The molecule has 1 N–H and O–H groups in total. The molecule has 0 unspecified atom stereocenters. The minimum Gasteiger partial charge on any atom is -0.481 e. The molecule has 0 amide bonds. The van der Waals surface area contributed by atoms with Crippen LogP contribution in [0.4, 0.5) is 0 Å². The number of likely N-dealkylation sites (N-methyl/N-ethyl adjacent to an activating group) is 1. The fraction of sp³-hybridized carbons (Fsp3) is 0.636. The van der Waals surface area contributed by atoms with Gasteiger partial charge in [-0.15, -0.1) is 0 Å². The number of nitrogens with one attached hydrogen (secondary N) is 1. The molecule has 1 aromatic rings. The van der Waals surface area contributed by atoms with Crippen molar-refractivity contribution < 1.29 is 9.47 Å². The molecule has 0 spiro atoms. The van der Waals surface area contributed by atoms with Crippen LogP contribution in [-0.2, 0) is 24.2 Å². The predicted octanol–water partition coefficient (Wildman–Crippen LogP) is 0.320. The quantitative estimate of drug-likeness (QED) is 0.796. The van der Waals surface area contributed by atoms with Crippen LogP contribution >= 0.6 is 0 Å². The van der Waals surface area contributed by atoms with E-state index < -0.39 is 0 Å². The number of hydrogen-bond acceptors (Lipinski definition) is 5. The Kier molecular flexibility index (Phi) is 3.69. The Bertz CT molecular complexity index is 351. The molecule has 0 radical (unpaired) electrons. The number of fused-ring (bicyclic) bond motifs is 1. The highest BCUT2D eigenvalue weighted by atomic mass is 16.5. The van der Waals surface area contributed by atoms with Gasteiger partial charge in [-0.05, 0) is 7.05 Å². The first-order chi connectivity index (χ1) is 7.85. The van der Waals surface area contributed by atoms with Crippen LogP contribution in [0.5, 0.6) is 5.88 Å². The van der Waals surface area contributed by atoms with E-state index in [-0.39, 0.29) is 0 Å². The van der Waals surface area contributed by atoms with Gasteiger partial charge in [0.25, 0.3) is 0 Å². The van der Waals surface area contributed by atoms with E-state index in [4.69, 9.17) is 9.47 Å². The highest BCUT2D eigenvalue weighted by molar-refractivity contribution is 5.32. The standard InChI is InChI=1S/C11H17N3O2/c1-12-5-3-10-13-9-7-16-6-4-8(9)11(14-10)15-2/h12H,3-7H2,1-2H3. The summed E-state index contributed by atoms with van der Waals surface area (Å²) in [7, 11) is 3.57. The van der Waals surface area contributed by atoms with E-state index in [1.54, 1.807) is 7.11 Å². The van der Waals surface area contributed by atoms with Crippen LogP contribution in [0.3, 0.4) is 0 Å². The fourth-order valence-electron chi connectivity index (χ4n) is 1.79. The summed E-state index contributed by atoms with van der Waals surface area (Å²) in [5, 5.41) is 3.08. The Hall–Kier alpha value is -1.20. The van der Waals surface area contributed by atoms with Gasteiger partial charge in [0.2, 0.25) is 5.88 Å². The van der Waals surface area contributed by atoms with Gasteiger partial charge in [-0.1, -0.05) is 0 Å². The maximum absolute atomic E-state index is 5.39. The van der Waals surface area contributed by atoms with Gasteiger partial charge in [-0.25, -0.2) is 4.98 Å². The molecular formula is C11H17N3O2. The second-order valence-electron chi connectivity index (χ2n) is 3.73. The maximum Gasteiger partial charge on any atom is 0.220 e. The third-order valence-electron chi connectivity index (χ3n) is 2.63. The van der Waals surface area contributed by atoms with Crippen LogP contribution in [0.2, 0.25) is 0 Å². The van der Waals surface area contributed by atoms with E-state index >= 15 is 0 Å². The minimum absolute atomic E-state index is 0.570. The fourth-order valence-corrected chi connectivity index (χ4v) is 1.79. The van der Waals surface area contributed by atoms with Crippen LogP contribution in [0.25, 0.3) is 0 Å². The van der Waals surface area contributed by atoms with E-state index in [0.29, 0.717) is 12.5 Å². The first-order valence-electron chi connectivity index (χ1n) is 5.50. The summed E-state index contributed by atoms with van der Waals surface area (Å²) in [6.07, 6.45) is 1.64. The molecule has 0 fully saturated rings. The molecule has 16 heavy (non-hydrogen) atoms. The van der Waals surface area contributed by atoms with E-state index in [2.05, 4.69) is 15.3 Å². The zero-order chi connectivity index (χ0) is 11.4. The number of methoxy groups -OCH3 is 1. The minimum atomic E-state index is 0.570. The van der Waals surface area contributed by atoms with Gasteiger partial charge in [0.1, 0.15) is 5.82 Å². The molecule has 0 atom stereocenters. The van der Waals surface area contributed by atoms with E-state index in [1.807, 2.05) is 7.05 Å². The molecule has 0 aliphatic carbocycles. The molecule has 5 heteroatoms. The lowest BCUT2D eigenvalue weighted by Crippen LogP contribution is -2.18. The monoisotopic (exact) mass is 223 g/mol. The number of hydrogen-bond donors (Lipinski definition) is 1. The molecule has 1 aliphatic rings. The molecule has 1 aromatic heterocycles. The van der Waals surface area contributed by atoms with Crippen molar-refractivity contribution in [2.75, 3.05) is 27.3 Å². The van der Waals surface area contributed by atoms with Gasteiger partial charge >= 0.3 is 0 Å². The zero-order valence-electron chi connectivity index (χ0n) is 9.75. The molecule has 2 rings (SSSR count). The normalized spacial score (nSPS) is 14.6. The lowest BCUT2D eigenvalue weighted by Gasteiger charge is -2.18. The Morgan fingerprint density at radius 2 is 2.31 bits per heavy atom. The molecule has 1 aliphatic heterocycles. The molecule has 0 aromatic carbocycles. The first kappa shape index (κ1) is 11.3. The van der Waals surface area contributed by atoms with Crippen LogP contribution in [-0.4, -0.2) is 37.3 Å². The summed E-state index contributed by atoms with van der Waals surface area (Å²) in [6.45, 7) is 2.16. The number of rotatable bonds is 4. The number of aromatic nitrogens is 2. The molecule has 5 nitrogen and oxygen atoms in total. The summed E-state index contributed by atoms with van der Waals surface area (Å²) in [5.74, 6) is 1.52. The summed E-state index contributed by atoms with van der Waals surface area (Å²) >= 11 is 0. The van der Waals surface area contributed by atoms with Crippen LogP contribution < -0.4 is 10.1 Å². The smallest absolute Gasteiger partial charge is 0.220 e. The summed E-state index contributed by atoms with van der Waals surface area (Å²) < 4.78 is 10.7. The van der Waals surface area contributed by atoms with E-state index in [1.165, 1.54) is 0 Å². The van der Waals surface area contributed by atoms with Crippen molar-refractivity contribution >= 4 is 0 Å². The highest BCUT2D eigenvalue weighted by Gasteiger charge is 2.18. The van der Waals surface area contributed by atoms with E-state index in [9.17, 15) is 0 Å². The third kappa shape index (κ3) is 2.31. The topological polar surface area (TPSA) is 56.3 Å². The number of nitrogens with zero attached hydrogens (tertiary/aromatic N) is 2. The second-order valence-corrected chi connectivity index (χ2v) is 3.73. The van der Waals surface area contributed by atoms with Gasteiger partial charge < -0.3 is 14.8 Å². The van der Waals surface area contributed by atoms with Crippen LogP contribution in [0.15, 0.2) is 0 Å². The van der Waals surface area contributed by atoms with Crippen LogP contribution in [0.1, 0.15) is 17.1 Å². The van der Waals surface area contributed by atoms with Crippen molar-refractivity contribution in [2.24, 2.45) is 0 Å². The zero-order valence-corrected chi connectivity index (χ0v) is 9.75. The van der Waals surface area contributed by atoms with Crippen molar-refractivity contribution in [2.45, 2.75) is 19.4 Å². The van der Waals surface area contributed by atoms with Crippen molar-refractivity contribution in [3.8, 4) is 5.88 Å². The molecule has 2 heterocycles. The SMILES string of the molecule is CNCCc1nc2c(c(OC)n1)CCOC2. The Labute approximate surface area is 95.2 Å². The lowest BCUT2D eigenvalue weighted by molar-refractivity contribution is 0.105. The molecule has 0 saturated carbocycles. The summed E-state index contributed by atoms with van der Waals surface area (Å²) in [4.78, 5) is 8.92. The lowest BCUT2D eigenvalue weighted by atomic mass is 10.1. The van der Waals surface area contributed by atoms with Gasteiger partial charge in [0.15, 0.2) is 0 Å². The van der Waals surface area contributed by atoms with Crippen molar-refractivity contribution in [1.29, 1.82) is 0 Å². The predicted molar refractivity (Wildman–Crippen MR) is 59.6 cm³/mol.